The normalized spacial score (nSPS) is 26.0. The average Bonchev–Trinajstić information content (AvgIpc) is 2.88. The highest BCUT2D eigenvalue weighted by molar-refractivity contribution is 5.50. The lowest BCUT2D eigenvalue weighted by Crippen LogP contribution is -2.63. The lowest BCUT2D eigenvalue weighted by Gasteiger charge is -2.47. The van der Waals surface area contributed by atoms with Gasteiger partial charge in [-0.1, -0.05) is 31.9 Å². The Kier molecular flexibility index (Phi) is 3.48. The molecule has 1 atom stereocenters. The summed E-state index contributed by atoms with van der Waals surface area (Å²) in [4.78, 5) is 2.30. The zero-order valence-corrected chi connectivity index (χ0v) is 11.7. The van der Waals surface area contributed by atoms with Gasteiger partial charge in [-0.15, -0.1) is 0 Å². The first-order chi connectivity index (χ1) is 9.24. The Morgan fingerprint density at radius 1 is 1.32 bits per heavy atom. The van der Waals surface area contributed by atoms with Crippen molar-refractivity contribution in [1.82, 2.24) is 5.32 Å². The van der Waals surface area contributed by atoms with Gasteiger partial charge in [0.1, 0.15) is 5.82 Å². The van der Waals surface area contributed by atoms with E-state index < -0.39 is 0 Å². The number of halogens is 1. The Balaban J connectivity index is 1.89. The SMILES string of the molecule is CCC1CNC2(CCCC2)CN1c1ccccc1F. The summed E-state index contributed by atoms with van der Waals surface area (Å²) in [7, 11) is 0. The Morgan fingerprint density at radius 3 is 2.74 bits per heavy atom. The quantitative estimate of drug-likeness (QED) is 0.879. The van der Waals surface area contributed by atoms with Crippen LogP contribution in [0.2, 0.25) is 0 Å². The molecule has 0 amide bonds. The molecule has 1 saturated heterocycles. The van der Waals surface area contributed by atoms with Crippen LogP contribution < -0.4 is 10.2 Å². The Morgan fingerprint density at radius 2 is 2.05 bits per heavy atom. The van der Waals surface area contributed by atoms with Crippen LogP contribution in [0.4, 0.5) is 10.1 Å². The largest absolute Gasteiger partial charge is 0.363 e. The van der Waals surface area contributed by atoms with Crippen LogP contribution in [0.15, 0.2) is 24.3 Å². The highest BCUT2D eigenvalue weighted by Crippen LogP contribution is 2.36. The Hall–Kier alpha value is -1.09. The number of anilines is 1. The second-order valence-electron chi connectivity index (χ2n) is 6.01. The number of rotatable bonds is 2. The summed E-state index contributed by atoms with van der Waals surface area (Å²) in [6.07, 6.45) is 6.12. The summed E-state index contributed by atoms with van der Waals surface area (Å²) in [5.41, 5.74) is 1.01. The van der Waals surface area contributed by atoms with Gasteiger partial charge >= 0.3 is 0 Å². The van der Waals surface area contributed by atoms with Gasteiger partial charge < -0.3 is 10.2 Å². The van der Waals surface area contributed by atoms with Gasteiger partial charge in [0.25, 0.3) is 0 Å². The van der Waals surface area contributed by atoms with E-state index in [9.17, 15) is 4.39 Å². The summed E-state index contributed by atoms with van der Waals surface area (Å²) < 4.78 is 14.1. The maximum atomic E-state index is 14.1. The predicted molar refractivity (Wildman–Crippen MR) is 77.0 cm³/mol. The topological polar surface area (TPSA) is 15.3 Å². The third-order valence-corrected chi connectivity index (χ3v) is 4.82. The van der Waals surface area contributed by atoms with Crippen molar-refractivity contribution in [3.63, 3.8) is 0 Å². The molecule has 1 spiro atoms. The van der Waals surface area contributed by atoms with Crippen molar-refractivity contribution in [2.24, 2.45) is 0 Å². The van der Waals surface area contributed by atoms with Crippen LogP contribution in [0.25, 0.3) is 0 Å². The number of nitrogens with zero attached hydrogens (tertiary/aromatic N) is 1. The molecule has 3 rings (SSSR count). The fourth-order valence-electron chi connectivity index (χ4n) is 3.67. The van der Waals surface area contributed by atoms with E-state index in [-0.39, 0.29) is 11.4 Å². The molecular weight excluding hydrogens is 239 g/mol. The van der Waals surface area contributed by atoms with Crippen molar-refractivity contribution < 1.29 is 4.39 Å². The van der Waals surface area contributed by atoms with Crippen molar-refractivity contribution in [3.05, 3.63) is 30.1 Å². The first-order valence-electron chi connectivity index (χ1n) is 7.50. The number of piperazine rings is 1. The number of hydrogen-bond acceptors (Lipinski definition) is 2. The summed E-state index contributed by atoms with van der Waals surface area (Å²) in [6, 6.07) is 7.61. The van der Waals surface area contributed by atoms with Gasteiger partial charge in [0.05, 0.1) is 5.69 Å². The molecule has 3 heteroatoms. The van der Waals surface area contributed by atoms with Crippen LogP contribution >= 0.6 is 0 Å². The minimum Gasteiger partial charge on any atom is -0.363 e. The van der Waals surface area contributed by atoms with Crippen molar-refractivity contribution in [3.8, 4) is 0 Å². The lowest BCUT2D eigenvalue weighted by molar-refractivity contribution is 0.266. The molecule has 1 aromatic rings. The molecule has 0 aromatic heterocycles. The average molecular weight is 262 g/mol. The van der Waals surface area contributed by atoms with E-state index in [1.807, 2.05) is 12.1 Å². The zero-order chi connectivity index (χ0) is 13.3. The van der Waals surface area contributed by atoms with Gasteiger partial charge in [0.2, 0.25) is 0 Å². The maximum Gasteiger partial charge on any atom is 0.146 e. The summed E-state index contributed by atoms with van der Waals surface area (Å²) in [5.74, 6) is -0.0870. The molecule has 0 radical (unpaired) electrons. The van der Waals surface area contributed by atoms with E-state index >= 15 is 0 Å². The second-order valence-corrected chi connectivity index (χ2v) is 6.01. The fourth-order valence-corrected chi connectivity index (χ4v) is 3.67. The Bertz CT molecular complexity index is 440. The van der Waals surface area contributed by atoms with Crippen molar-refractivity contribution in [2.45, 2.75) is 50.6 Å². The molecular formula is C16H23FN2. The minimum absolute atomic E-state index is 0.0870. The maximum absolute atomic E-state index is 14.1. The lowest BCUT2D eigenvalue weighted by atomic mass is 9.91. The molecule has 1 unspecified atom stereocenters. The van der Waals surface area contributed by atoms with Crippen LogP contribution in [0, 0.1) is 5.82 Å². The van der Waals surface area contributed by atoms with Crippen LogP contribution in [0.1, 0.15) is 39.0 Å². The monoisotopic (exact) mass is 262 g/mol. The van der Waals surface area contributed by atoms with E-state index in [4.69, 9.17) is 0 Å². The van der Waals surface area contributed by atoms with Gasteiger partial charge in [-0.2, -0.15) is 0 Å². The van der Waals surface area contributed by atoms with Crippen LogP contribution in [0.5, 0.6) is 0 Å². The van der Waals surface area contributed by atoms with E-state index in [1.165, 1.54) is 25.7 Å². The molecule has 0 bridgehead atoms. The summed E-state index contributed by atoms with van der Waals surface area (Å²) >= 11 is 0. The number of benzene rings is 1. The molecule has 1 heterocycles. The zero-order valence-electron chi connectivity index (χ0n) is 11.7. The number of para-hydroxylation sites is 1. The van der Waals surface area contributed by atoms with Crippen molar-refractivity contribution >= 4 is 5.69 Å². The summed E-state index contributed by atoms with van der Waals surface area (Å²) in [6.45, 7) is 4.12. The fraction of sp³-hybridized carbons (Fsp3) is 0.625. The molecule has 19 heavy (non-hydrogen) atoms. The third kappa shape index (κ3) is 2.36. The molecule has 1 aliphatic carbocycles. The predicted octanol–water partition coefficient (Wildman–Crippen LogP) is 3.33. The van der Waals surface area contributed by atoms with Crippen LogP contribution in [-0.4, -0.2) is 24.7 Å². The van der Waals surface area contributed by atoms with Gasteiger partial charge in [-0.05, 0) is 31.4 Å². The van der Waals surface area contributed by atoms with E-state index in [2.05, 4.69) is 17.1 Å². The highest BCUT2D eigenvalue weighted by Gasteiger charge is 2.41. The molecule has 2 fully saturated rings. The van der Waals surface area contributed by atoms with Gasteiger partial charge in [-0.3, -0.25) is 0 Å². The molecule has 2 nitrogen and oxygen atoms in total. The molecule has 1 aromatic carbocycles. The second kappa shape index (κ2) is 5.12. The van der Waals surface area contributed by atoms with Crippen molar-refractivity contribution in [2.75, 3.05) is 18.0 Å². The standard InChI is InChI=1S/C16H23FN2/c1-2-13-11-18-16(9-5-6-10-16)12-19(13)15-8-4-3-7-14(15)17/h3-4,7-8,13,18H,2,5-6,9-12H2,1H3. The van der Waals surface area contributed by atoms with E-state index in [1.54, 1.807) is 12.1 Å². The van der Waals surface area contributed by atoms with Crippen molar-refractivity contribution in [1.29, 1.82) is 0 Å². The molecule has 2 aliphatic rings. The van der Waals surface area contributed by atoms with E-state index in [0.717, 1.165) is 25.2 Å². The number of nitrogens with one attached hydrogen (secondary N) is 1. The van der Waals surface area contributed by atoms with Gasteiger partial charge in [0.15, 0.2) is 0 Å². The van der Waals surface area contributed by atoms with Gasteiger partial charge in [0, 0.05) is 24.7 Å². The molecule has 1 saturated carbocycles. The molecule has 1 aliphatic heterocycles. The first kappa shape index (κ1) is 12.9. The summed E-state index contributed by atoms with van der Waals surface area (Å²) in [5, 5.41) is 3.75. The third-order valence-electron chi connectivity index (χ3n) is 4.82. The minimum atomic E-state index is -0.0870. The van der Waals surface area contributed by atoms with E-state index in [0.29, 0.717) is 6.04 Å². The molecule has 1 N–H and O–H groups in total. The molecule has 104 valence electrons. The van der Waals surface area contributed by atoms with Crippen LogP contribution in [-0.2, 0) is 0 Å². The van der Waals surface area contributed by atoms with Gasteiger partial charge in [-0.25, -0.2) is 4.39 Å². The van der Waals surface area contributed by atoms with Crippen LogP contribution in [0.3, 0.4) is 0 Å². The Labute approximate surface area is 115 Å². The smallest absolute Gasteiger partial charge is 0.146 e. The first-order valence-corrected chi connectivity index (χ1v) is 7.50. The highest BCUT2D eigenvalue weighted by atomic mass is 19.1. The number of hydrogen-bond donors (Lipinski definition) is 1.